The van der Waals surface area contributed by atoms with E-state index in [1.54, 1.807) is 18.9 Å². The van der Waals surface area contributed by atoms with Gasteiger partial charge in [0.1, 0.15) is 0 Å². The van der Waals surface area contributed by atoms with Crippen molar-refractivity contribution < 1.29 is 14.6 Å². The summed E-state index contributed by atoms with van der Waals surface area (Å²) in [7, 11) is 1.69. The first kappa shape index (κ1) is 26.0. The van der Waals surface area contributed by atoms with Gasteiger partial charge < -0.3 is 19.6 Å². The molecule has 2 aliphatic rings. The zero-order valence-electron chi connectivity index (χ0n) is 21.4. The molecule has 3 N–H and O–H groups in total. The third kappa shape index (κ3) is 5.67. The summed E-state index contributed by atoms with van der Waals surface area (Å²) in [6.45, 7) is 14.9. The lowest BCUT2D eigenvalue weighted by molar-refractivity contribution is 0.0285. The van der Waals surface area contributed by atoms with Gasteiger partial charge in [0.25, 0.3) is 0 Å². The maximum Gasteiger partial charge on any atom is 0.0894 e. The fourth-order valence-corrected chi connectivity index (χ4v) is 5.69. The number of hydrazone groups is 1. The van der Waals surface area contributed by atoms with Gasteiger partial charge in [0.15, 0.2) is 0 Å². The second-order valence-corrected chi connectivity index (χ2v) is 10.6. The number of hydrogen-bond acceptors (Lipinski definition) is 7. The molecule has 0 spiro atoms. The number of benzene rings is 1. The Hall–Kier alpha value is -2.10. The molecule has 0 unspecified atom stereocenters. The second-order valence-electron chi connectivity index (χ2n) is 9.34. The Balaban J connectivity index is 1.72. The van der Waals surface area contributed by atoms with Crippen molar-refractivity contribution in [1.82, 2.24) is 15.3 Å². The maximum absolute atomic E-state index is 11.1. The predicted octanol–water partition coefficient (Wildman–Crippen LogP) is 4.83. The number of rotatable bonds is 10. The average Bonchev–Trinajstić information content (AvgIpc) is 3.23. The van der Waals surface area contributed by atoms with Gasteiger partial charge in [0.2, 0.25) is 0 Å². The highest BCUT2D eigenvalue weighted by Crippen LogP contribution is 2.36. The zero-order chi connectivity index (χ0) is 25.0. The number of allylic oxidation sites excluding steroid dienone is 2. The Bertz CT molecular complexity index is 1130. The summed E-state index contributed by atoms with van der Waals surface area (Å²) in [5, 5.41) is 17.1. The van der Waals surface area contributed by atoms with Crippen LogP contribution in [0.25, 0.3) is 10.9 Å². The Morgan fingerprint density at radius 2 is 2.03 bits per heavy atom. The van der Waals surface area contributed by atoms with Crippen molar-refractivity contribution in [2.45, 2.75) is 52.2 Å². The lowest BCUT2D eigenvalue weighted by atomic mass is 9.88. The Labute approximate surface area is 212 Å². The third-order valence-electron chi connectivity index (χ3n) is 7.06. The smallest absolute Gasteiger partial charge is 0.0894 e. The van der Waals surface area contributed by atoms with Crippen molar-refractivity contribution in [1.29, 1.82) is 0 Å². The summed E-state index contributed by atoms with van der Waals surface area (Å²) in [5.41, 5.74) is 8.71. The van der Waals surface area contributed by atoms with Crippen molar-refractivity contribution in [3.05, 3.63) is 57.1 Å². The fraction of sp³-hybridized carbons (Fsp3) is 0.519. The first-order valence-electron chi connectivity index (χ1n) is 12.4. The van der Waals surface area contributed by atoms with Crippen LogP contribution in [-0.2, 0) is 21.6 Å². The number of ether oxygens (including phenoxy) is 2. The van der Waals surface area contributed by atoms with Gasteiger partial charge in [-0.15, -0.1) is 0 Å². The average molecular weight is 499 g/mol. The van der Waals surface area contributed by atoms with Gasteiger partial charge in [0, 0.05) is 65.1 Å². The van der Waals surface area contributed by atoms with Crippen molar-refractivity contribution in [3.8, 4) is 0 Å². The molecule has 1 aromatic heterocycles. The number of fused-ring (bicyclic) bond motifs is 1. The molecular weight excluding hydrogens is 460 g/mol. The van der Waals surface area contributed by atoms with Gasteiger partial charge in [0.05, 0.1) is 36.8 Å². The SMILES string of the molecule is C=C(COC)SC1=C(C)NN=C(c2[nH]c3cc(C(O)(CC)CC)ccc3c2CN2CCOCC2)C1. The second kappa shape index (κ2) is 11.3. The van der Waals surface area contributed by atoms with E-state index < -0.39 is 5.60 Å². The van der Waals surface area contributed by atoms with Crippen LogP contribution in [0.15, 0.2) is 45.4 Å². The van der Waals surface area contributed by atoms with E-state index in [-0.39, 0.29) is 0 Å². The normalized spacial score (nSPS) is 17.6. The van der Waals surface area contributed by atoms with Crippen LogP contribution in [0.1, 0.15) is 56.9 Å². The molecule has 2 aliphatic heterocycles. The van der Waals surface area contributed by atoms with Gasteiger partial charge in [-0.1, -0.05) is 44.3 Å². The quantitative estimate of drug-likeness (QED) is 0.435. The van der Waals surface area contributed by atoms with E-state index in [4.69, 9.17) is 14.6 Å². The molecule has 7 nitrogen and oxygen atoms in total. The van der Waals surface area contributed by atoms with E-state index in [0.29, 0.717) is 19.4 Å². The molecule has 1 fully saturated rings. The van der Waals surface area contributed by atoms with E-state index in [0.717, 1.165) is 72.4 Å². The highest BCUT2D eigenvalue weighted by Gasteiger charge is 2.28. The van der Waals surface area contributed by atoms with E-state index >= 15 is 0 Å². The van der Waals surface area contributed by atoms with Gasteiger partial charge in [-0.25, -0.2) is 0 Å². The summed E-state index contributed by atoms with van der Waals surface area (Å²) >= 11 is 1.65. The molecule has 0 amide bonds. The monoisotopic (exact) mass is 498 g/mol. The molecule has 8 heteroatoms. The third-order valence-corrected chi connectivity index (χ3v) is 8.17. The van der Waals surface area contributed by atoms with Crippen LogP contribution in [0.5, 0.6) is 0 Å². The van der Waals surface area contributed by atoms with Crippen LogP contribution in [0.2, 0.25) is 0 Å². The lowest BCUT2D eigenvalue weighted by Crippen LogP contribution is -2.36. The van der Waals surface area contributed by atoms with Crippen LogP contribution < -0.4 is 5.43 Å². The zero-order valence-corrected chi connectivity index (χ0v) is 22.2. The summed E-state index contributed by atoms with van der Waals surface area (Å²) in [4.78, 5) is 8.28. The standard InChI is InChI=1S/C27H38N4O3S/c1-6-27(32,7-2)20-8-9-21-22(16-31-10-12-34-13-11-31)26(28-23(21)14-20)24-15-25(19(4)29-30-24)35-18(3)17-33-5/h8-9,14,28-29,32H,3,6-7,10-13,15-17H2,1-2,4-5H3. The molecule has 3 heterocycles. The van der Waals surface area contributed by atoms with E-state index in [2.05, 4.69) is 40.1 Å². The van der Waals surface area contributed by atoms with Crippen molar-refractivity contribution in [2.24, 2.45) is 5.10 Å². The minimum Gasteiger partial charge on any atom is -0.385 e. The molecular formula is C27H38N4O3S. The van der Waals surface area contributed by atoms with Gasteiger partial charge in [-0.05, 0) is 31.4 Å². The number of aromatic amines is 1. The Morgan fingerprint density at radius 1 is 1.29 bits per heavy atom. The topological polar surface area (TPSA) is 82.1 Å². The minimum atomic E-state index is -0.820. The molecule has 4 rings (SSSR count). The number of morpholine rings is 1. The number of nitrogens with zero attached hydrogens (tertiary/aromatic N) is 2. The molecule has 0 atom stereocenters. The highest BCUT2D eigenvalue weighted by atomic mass is 32.2. The molecule has 0 saturated carbocycles. The molecule has 0 bridgehead atoms. The van der Waals surface area contributed by atoms with E-state index in [1.165, 1.54) is 15.9 Å². The van der Waals surface area contributed by atoms with Gasteiger partial charge in [-0.3, -0.25) is 10.3 Å². The number of aliphatic hydroxyl groups is 1. The number of nitrogens with one attached hydrogen (secondary N) is 2. The van der Waals surface area contributed by atoms with Crippen molar-refractivity contribution >= 4 is 28.4 Å². The van der Waals surface area contributed by atoms with Crippen LogP contribution in [0.3, 0.4) is 0 Å². The molecule has 0 aliphatic carbocycles. The lowest BCUT2D eigenvalue weighted by Gasteiger charge is -2.27. The predicted molar refractivity (Wildman–Crippen MR) is 144 cm³/mol. The largest absolute Gasteiger partial charge is 0.385 e. The van der Waals surface area contributed by atoms with Crippen molar-refractivity contribution in [2.75, 3.05) is 40.0 Å². The summed E-state index contributed by atoms with van der Waals surface area (Å²) in [6, 6.07) is 6.35. The first-order valence-corrected chi connectivity index (χ1v) is 13.2. The molecule has 1 saturated heterocycles. The first-order chi connectivity index (χ1) is 16.9. The number of H-pyrrole nitrogens is 1. The Kier molecular flexibility index (Phi) is 8.39. The van der Waals surface area contributed by atoms with Crippen LogP contribution in [0, 0.1) is 0 Å². The molecule has 1 aromatic carbocycles. The fourth-order valence-electron chi connectivity index (χ4n) is 4.76. The summed E-state index contributed by atoms with van der Waals surface area (Å²) < 4.78 is 10.8. The maximum atomic E-state index is 11.1. The van der Waals surface area contributed by atoms with Gasteiger partial charge in [-0.2, -0.15) is 5.10 Å². The molecule has 190 valence electrons. The van der Waals surface area contributed by atoms with Crippen molar-refractivity contribution in [3.63, 3.8) is 0 Å². The highest BCUT2D eigenvalue weighted by molar-refractivity contribution is 8.06. The summed E-state index contributed by atoms with van der Waals surface area (Å²) in [6.07, 6.45) is 2.07. The molecule has 0 radical (unpaired) electrons. The van der Waals surface area contributed by atoms with Crippen LogP contribution in [-0.4, -0.2) is 60.7 Å². The van der Waals surface area contributed by atoms with Crippen LogP contribution in [0.4, 0.5) is 0 Å². The van der Waals surface area contributed by atoms with E-state index in [1.807, 2.05) is 20.8 Å². The van der Waals surface area contributed by atoms with E-state index in [9.17, 15) is 5.11 Å². The van der Waals surface area contributed by atoms with Crippen LogP contribution >= 0.6 is 11.8 Å². The molecule has 35 heavy (non-hydrogen) atoms. The number of methoxy groups -OCH3 is 1. The Morgan fingerprint density at radius 3 is 2.71 bits per heavy atom. The summed E-state index contributed by atoms with van der Waals surface area (Å²) in [5.74, 6) is 0. The molecule has 2 aromatic rings. The number of thioether (sulfide) groups is 1. The number of aromatic nitrogens is 1. The number of hydrogen-bond donors (Lipinski definition) is 3. The minimum absolute atomic E-state index is 0.517. The van der Waals surface area contributed by atoms with Gasteiger partial charge >= 0.3 is 0 Å².